The van der Waals surface area contributed by atoms with E-state index in [1.807, 2.05) is 42.5 Å². The number of aromatic nitrogens is 5. The molecule has 57 heavy (non-hydrogen) atoms. The van der Waals surface area contributed by atoms with Gasteiger partial charge in [-0.3, -0.25) is 0 Å². The van der Waals surface area contributed by atoms with Gasteiger partial charge in [-0.05, 0) is 54.6 Å². The zero-order chi connectivity index (χ0) is 37.5. The van der Waals surface area contributed by atoms with E-state index >= 15 is 0 Å². The van der Waals surface area contributed by atoms with E-state index in [2.05, 4.69) is 155 Å². The number of nitrogens with zero attached hydrogens (tertiary/aromatic N) is 5. The monoisotopic (exact) mass is 729 g/mol. The van der Waals surface area contributed by atoms with Gasteiger partial charge in [-0.25, -0.2) is 15.0 Å². The third-order valence-electron chi connectivity index (χ3n) is 11.2. The van der Waals surface area contributed by atoms with E-state index in [0.29, 0.717) is 17.5 Å². The molecule has 0 aliphatic rings. The molecule has 4 aromatic heterocycles. The Balaban J connectivity index is 1.28. The number of fused-ring (bicyclic) bond motifs is 10. The summed E-state index contributed by atoms with van der Waals surface area (Å²) in [6.45, 7) is 0. The van der Waals surface area contributed by atoms with Crippen molar-refractivity contribution in [2.24, 2.45) is 0 Å². The molecule has 0 aliphatic carbocycles. The van der Waals surface area contributed by atoms with Gasteiger partial charge in [-0.2, -0.15) is 0 Å². The maximum atomic E-state index is 6.79. The molecule has 0 radical (unpaired) electrons. The molecule has 8 aromatic carbocycles. The fraction of sp³-hybridized carbons (Fsp3) is 0. The standard InChI is InChI=1S/C51H31N5O/c1-4-16-32(17-5-1)49-52-50(33-18-6-2-7-19-33)54-51(53-49)40-31-44-39(30-45(40)56-41-25-13-10-22-35(41)36-23-11-14-26-42(36)56)47-43(55(44)34-20-8-3-9-21-34)29-28-38-37-24-12-15-27-46(37)57-48(38)47/h1-31H. The van der Waals surface area contributed by atoms with Crippen molar-refractivity contribution in [3.05, 3.63) is 188 Å². The van der Waals surface area contributed by atoms with E-state index in [0.717, 1.165) is 82.8 Å². The van der Waals surface area contributed by atoms with E-state index < -0.39 is 0 Å². The number of hydrogen-bond acceptors (Lipinski definition) is 4. The van der Waals surface area contributed by atoms with Gasteiger partial charge in [0.15, 0.2) is 17.5 Å². The predicted octanol–water partition coefficient (Wildman–Crippen LogP) is 13.0. The van der Waals surface area contributed by atoms with Crippen molar-refractivity contribution in [3.63, 3.8) is 0 Å². The fourth-order valence-corrected chi connectivity index (χ4v) is 8.65. The molecule has 4 heterocycles. The van der Waals surface area contributed by atoms with Crippen LogP contribution in [0.5, 0.6) is 0 Å². The maximum Gasteiger partial charge on any atom is 0.166 e. The first kappa shape index (κ1) is 31.5. The maximum absolute atomic E-state index is 6.79. The molecule has 12 aromatic rings. The molecule has 0 saturated heterocycles. The highest BCUT2D eigenvalue weighted by Gasteiger charge is 2.25. The lowest BCUT2D eigenvalue weighted by Crippen LogP contribution is -2.04. The summed E-state index contributed by atoms with van der Waals surface area (Å²) in [6.07, 6.45) is 0. The van der Waals surface area contributed by atoms with Crippen LogP contribution in [0.4, 0.5) is 0 Å². The molecule has 0 unspecified atom stereocenters. The molecule has 6 heteroatoms. The lowest BCUT2D eigenvalue weighted by molar-refractivity contribution is 0.673. The lowest BCUT2D eigenvalue weighted by Gasteiger charge is -2.16. The van der Waals surface area contributed by atoms with Crippen LogP contribution in [0.1, 0.15) is 0 Å². The van der Waals surface area contributed by atoms with Gasteiger partial charge in [-0.1, -0.05) is 133 Å². The van der Waals surface area contributed by atoms with E-state index in [9.17, 15) is 0 Å². The van der Waals surface area contributed by atoms with Gasteiger partial charge in [0.1, 0.15) is 11.2 Å². The van der Waals surface area contributed by atoms with Gasteiger partial charge < -0.3 is 13.6 Å². The molecule has 0 fully saturated rings. The van der Waals surface area contributed by atoms with Crippen LogP contribution in [0.3, 0.4) is 0 Å². The number of rotatable bonds is 5. The van der Waals surface area contributed by atoms with Crippen molar-refractivity contribution in [2.45, 2.75) is 0 Å². The van der Waals surface area contributed by atoms with E-state index in [1.54, 1.807) is 0 Å². The number of furan rings is 1. The summed E-state index contributed by atoms with van der Waals surface area (Å²) in [4.78, 5) is 15.7. The normalized spacial score (nSPS) is 11.9. The first-order valence-electron chi connectivity index (χ1n) is 19.1. The second kappa shape index (κ2) is 12.3. The molecule has 266 valence electrons. The summed E-state index contributed by atoms with van der Waals surface area (Å²) in [7, 11) is 0. The smallest absolute Gasteiger partial charge is 0.166 e. The Hall–Kier alpha value is -7.83. The second-order valence-electron chi connectivity index (χ2n) is 14.4. The van der Waals surface area contributed by atoms with Gasteiger partial charge in [0.2, 0.25) is 0 Å². The van der Waals surface area contributed by atoms with Gasteiger partial charge >= 0.3 is 0 Å². The summed E-state index contributed by atoms with van der Waals surface area (Å²) in [5.74, 6) is 1.81. The average molecular weight is 730 g/mol. The van der Waals surface area contributed by atoms with Gasteiger partial charge in [0.05, 0.1) is 33.1 Å². The van der Waals surface area contributed by atoms with Crippen LogP contribution in [0.2, 0.25) is 0 Å². The van der Waals surface area contributed by atoms with Crippen LogP contribution in [-0.4, -0.2) is 24.1 Å². The highest BCUT2D eigenvalue weighted by atomic mass is 16.3. The highest BCUT2D eigenvalue weighted by molar-refractivity contribution is 6.24. The molecule has 0 spiro atoms. The predicted molar refractivity (Wildman–Crippen MR) is 232 cm³/mol. The van der Waals surface area contributed by atoms with E-state index in [-0.39, 0.29) is 0 Å². The van der Waals surface area contributed by atoms with Crippen LogP contribution in [0.15, 0.2) is 192 Å². The Kier molecular flexibility index (Phi) is 6.83. The van der Waals surface area contributed by atoms with Gasteiger partial charge in [0, 0.05) is 49.3 Å². The second-order valence-corrected chi connectivity index (χ2v) is 14.4. The molecule has 0 saturated carbocycles. The van der Waals surface area contributed by atoms with Gasteiger partial charge in [0.25, 0.3) is 0 Å². The van der Waals surface area contributed by atoms with Gasteiger partial charge in [-0.15, -0.1) is 0 Å². The third-order valence-corrected chi connectivity index (χ3v) is 11.2. The van der Waals surface area contributed by atoms with Crippen molar-refractivity contribution in [1.29, 1.82) is 0 Å². The Labute approximate surface area is 326 Å². The minimum Gasteiger partial charge on any atom is -0.455 e. The van der Waals surface area contributed by atoms with E-state index in [1.165, 1.54) is 10.8 Å². The van der Waals surface area contributed by atoms with E-state index in [4.69, 9.17) is 19.4 Å². The van der Waals surface area contributed by atoms with Crippen molar-refractivity contribution >= 4 is 65.6 Å². The van der Waals surface area contributed by atoms with Crippen LogP contribution in [0.25, 0.3) is 111 Å². The molecule has 12 rings (SSSR count). The van der Waals surface area contributed by atoms with Crippen LogP contribution in [-0.2, 0) is 0 Å². The number of benzene rings is 8. The number of para-hydroxylation sites is 4. The quantitative estimate of drug-likeness (QED) is 0.177. The lowest BCUT2D eigenvalue weighted by atomic mass is 10.0. The zero-order valence-electron chi connectivity index (χ0n) is 30.5. The minimum absolute atomic E-state index is 0.584. The zero-order valence-corrected chi connectivity index (χ0v) is 30.5. The minimum atomic E-state index is 0.584. The van der Waals surface area contributed by atoms with Crippen molar-refractivity contribution < 1.29 is 4.42 Å². The average Bonchev–Trinajstić information content (AvgIpc) is 3.94. The Morgan fingerprint density at radius 2 is 0.912 bits per heavy atom. The van der Waals surface area contributed by atoms with Crippen molar-refractivity contribution in [1.82, 2.24) is 24.1 Å². The summed E-state index contributed by atoms with van der Waals surface area (Å²) >= 11 is 0. The summed E-state index contributed by atoms with van der Waals surface area (Å²) in [5.41, 5.74) is 10.7. The molecule has 0 bridgehead atoms. The topological polar surface area (TPSA) is 61.7 Å². The SMILES string of the molecule is c1ccc(-c2nc(-c3ccccc3)nc(-c3cc4c(cc3-n3c5ccccc5c5ccccc53)c3c5oc6ccccc6c5ccc3n4-c3ccccc3)n2)cc1. The first-order chi connectivity index (χ1) is 28.3. The number of hydrogen-bond donors (Lipinski definition) is 0. The van der Waals surface area contributed by atoms with Crippen LogP contribution >= 0.6 is 0 Å². The largest absolute Gasteiger partial charge is 0.455 e. The van der Waals surface area contributed by atoms with Crippen LogP contribution < -0.4 is 0 Å². The molecule has 6 nitrogen and oxygen atoms in total. The van der Waals surface area contributed by atoms with Crippen molar-refractivity contribution in [2.75, 3.05) is 0 Å². The summed E-state index contributed by atoms with van der Waals surface area (Å²) in [6, 6.07) is 65.4. The Bertz CT molecular complexity index is 3400. The molecule has 0 aliphatic heterocycles. The summed E-state index contributed by atoms with van der Waals surface area (Å²) < 4.78 is 11.5. The third kappa shape index (κ3) is 4.81. The molecule has 0 N–H and O–H groups in total. The first-order valence-corrected chi connectivity index (χ1v) is 19.1. The molecule has 0 amide bonds. The van der Waals surface area contributed by atoms with Crippen LogP contribution in [0, 0.1) is 0 Å². The van der Waals surface area contributed by atoms with Crippen molar-refractivity contribution in [3.8, 4) is 45.5 Å². The Morgan fingerprint density at radius 3 is 1.56 bits per heavy atom. The molecular weight excluding hydrogens is 699 g/mol. The molecule has 0 atom stereocenters. The highest BCUT2D eigenvalue weighted by Crippen LogP contribution is 2.45. The molecular formula is C51H31N5O. The fourth-order valence-electron chi connectivity index (χ4n) is 8.65. The summed E-state index contributed by atoms with van der Waals surface area (Å²) in [5, 5.41) is 6.67. The Morgan fingerprint density at radius 1 is 0.368 bits per heavy atom.